The van der Waals surface area contributed by atoms with Crippen LogP contribution in [0.1, 0.15) is 50.3 Å². The maximum absolute atomic E-state index is 13.3. The molecule has 1 atom stereocenters. The first-order valence-electron chi connectivity index (χ1n) is 12.1. The standard InChI is InChI=1S/C27H39N3O4S/c1-20(2)18-28-27(32)23(5)29(19-24-14-12-21(3)13-15-24)26(31)11-8-16-30(35(6,33)34)25-10-7-9-22(4)17-25/h7,9-10,12-15,17,20,23H,8,11,16,18-19H2,1-6H3,(H,28,32)/t23-/m1/s1. The van der Waals surface area contributed by atoms with Gasteiger partial charge in [-0.1, -0.05) is 55.8 Å². The number of amides is 2. The number of anilines is 1. The summed E-state index contributed by atoms with van der Waals surface area (Å²) in [6.07, 6.45) is 1.64. The molecule has 0 spiro atoms. The van der Waals surface area contributed by atoms with Crippen molar-refractivity contribution in [2.24, 2.45) is 5.92 Å². The van der Waals surface area contributed by atoms with Crippen molar-refractivity contribution in [3.8, 4) is 0 Å². The zero-order valence-corrected chi connectivity index (χ0v) is 22.6. The quantitative estimate of drug-likeness (QED) is 0.476. The van der Waals surface area contributed by atoms with Crippen molar-refractivity contribution in [1.29, 1.82) is 0 Å². The maximum atomic E-state index is 13.3. The van der Waals surface area contributed by atoms with E-state index < -0.39 is 16.1 Å². The molecule has 0 saturated heterocycles. The molecule has 2 aromatic rings. The van der Waals surface area contributed by atoms with Gasteiger partial charge in [-0.05, 0) is 56.4 Å². The molecule has 2 amide bonds. The summed E-state index contributed by atoms with van der Waals surface area (Å²) < 4.78 is 26.2. The molecule has 2 aromatic carbocycles. The smallest absolute Gasteiger partial charge is 0.242 e. The van der Waals surface area contributed by atoms with Crippen LogP contribution < -0.4 is 9.62 Å². The second-order valence-corrected chi connectivity index (χ2v) is 11.5. The number of benzene rings is 2. The Hall–Kier alpha value is -2.87. The van der Waals surface area contributed by atoms with Gasteiger partial charge in [0.25, 0.3) is 0 Å². The maximum Gasteiger partial charge on any atom is 0.242 e. The van der Waals surface area contributed by atoms with E-state index in [2.05, 4.69) is 5.32 Å². The van der Waals surface area contributed by atoms with E-state index in [-0.39, 0.29) is 24.8 Å². The summed E-state index contributed by atoms with van der Waals surface area (Å²) in [5.74, 6) is -0.0804. The Morgan fingerprint density at radius 1 is 0.971 bits per heavy atom. The fraction of sp³-hybridized carbons (Fsp3) is 0.481. The molecule has 35 heavy (non-hydrogen) atoms. The topological polar surface area (TPSA) is 86.8 Å². The first-order chi connectivity index (χ1) is 16.4. The zero-order valence-electron chi connectivity index (χ0n) is 21.7. The summed E-state index contributed by atoms with van der Waals surface area (Å²) in [5, 5.41) is 2.91. The lowest BCUT2D eigenvalue weighted by atomic mass is 10.1. The van der Waals surface area contributed by atoms with Gasteiger partial charge in [0, 0.05) is 26.1 Å². The minimum Gasteiger partial charge on any atom is -0.354 e. The summed E-state index contributed by atoms with van der Waals surface area (Å²) in [4.78, 5) is 27.7. The monoisotopic (exact) mass is 501 g/mol. The second-order valence-electron chi connectivity index (χ2n) is 9.60. The van der Waals surface area contributed by atoms with Crippen molar-refractivity contribution < 1.29 is 18.0 Å². The number of aryl methyl sites for hydroxylation is 2. The van der Waals surface area contributed by atoms with E-state index in [9.17, 15) is 18.0 Å². The molecule has 0 heterocycles. The molecule has 1 N–H and O–H groups in total. The third-order valence-corrected chi connectivity index (χ3v) is 6.96. The number of hydrogen-bond donors (Lipinski definition) is 1. The Labute approximate surface area is 210 Å². The van der Waals surface area contributed by atoms with Crippen LogP contribution in [0, 0.1) is 19.8 Å². The molecule has 0 aliphatic carbocycles. The summed E-state index contributed by atoms with van der Waals surface area (Å²) in [6, 6.07) is 14.5. The van der Waals surface area contributed by atoms with Gasteiger partial charge < -0.3 is 10.2 Å². The van der Waals surface area contributed by atoms with Crippen molar-refractivity contribution in [2.75, 3.05) is 23.7 Å². The van der Waals surface area contributed by atoms with Gasteiger partial charge in [0.15, 0.2) is 0 Å². The molecule has 0 fully saturated rings. The average Bonchev–Trinajstić information content (AvgIpc) is 2.78. The molecule has 0 unspecified atom stereocenters. The number of nitrogens with one attached hydrogen (secondary N) is 1. The highest BCUT2D eigenvalue weighted by atomic mass is 32.2. The van der Waals surface area contributed by atoms with E-state index in [4.69, 9.17) is 0 Å². The molecule has 0 aliphatic rings. The summed E-state index contributed by atoms with van der Waals surface area (Å²) in [7, 11) is -3.51. The van der Waals surface area contributed by atoms with Crippen LogP contribution in [0.25, 0.3) is 0 Å². The number of sulfonamides is 1. The van der Waals surface area contributed by atoms with E-state index in [0.29, 0.717) is 31.1 Å². The van der Waals surface area contributed by atoms with Crippen molar-refractivity contribution in [3.63, 3.8) is 0 Å². The van der Waals surface area contributed by atoms with E-state index in [1.165, 1.54) is 10.6 Å². The van der Waals surface area contributed by atoms with Crippen LogP contribution in [0.4, 0.5) is 5.69 Å². The number of carbonyl (C=O) groups is 2. The fourth-order valence-corrected chi connectivity index (χ4v) is 4.67. The Kier molecular flexibility index (Phi) is 10.3. The van der Waals surface area contributed by atoms with E-state index in [1.807, 2.05) is 70.2 Å². The highest BCUT2D eigenvalue weighted by molar-refractivity contribution is 7.92. The van der Waals surface area contributed by atoms with Crippen molar-refractivity contribution in [3.05, 3.63) is 65.2 Å². The van der Waals surface area contributed by atoms with Crippen LogP contribution >= 0.6 is 0 Å². The lowest BCUT2D eigenvalue weighted by Gasteiger charge is -2.29. The number of rotatable bonds is 12. The molecule has 0 aromatic heterocycles. The summed E-state index contributed by atoms with van der Waals surface area (Å²) in [5.41, 5.74) is 3.59. The molecule has 0 aliphatic heterocycles. The van der Waals surface area contributed by atoms with Gasteiger partial charge in [-0.2, -0.15) is 0 Å². The predicted molar refractivity (Wildman–Crippen MR) is 142 cm³/mol. The molecule has 192 valence electrons. The Morgan fingerprint density at radius 2 is 1.63 bits per heavy atom. The van der Waals surface area contributed by atoms with Gasteiger partial charge in [-0.3, -0.25) is 13.9 Å². The highest BCUT2D eigenvalue weighted by Gasteiger charge is 2.26. The van der Waals surface area contributed by atoms with Gasteiger partial charge in [0.2, 0.25) is 21.8 Å². The van der Waals surface area contributed by atoms with Crippen molar-refractivity contribution in [2.45, 2.75) is 60.0 Å². The number of nitrogens with zero attached hydrogens (tertiary/aromatic N) is 2. The highest BCUT2D eigenvalue weighted by Crippen LogP contribution is 2.20. The normalized spacial score (nSPS) is 12.3. The van der Waals surface area contributed by atoms with Crippen molar-refractivity contribution in [1.82, 2.24) is 10.2 Å². The van der Waals surface area contributed by atoms with Crippen LogP contribution in [-0.2, 0) is 26.2 Å². The van der Waals surface area contributed by atoms with Gasteiger partial charge in [0.1, 0.15) is 6.04 Å². The molecule has 0 radical (unpaired) electrons. The molecular weight excluding hydrogens is 462 g/mol. The largest absolute Gasteiger partial charge is 0.354 e. The fourth-order valence-electron chi connectivity index (χ4n) is 3.71. The molecular formula is C27H39N3O4S. The van der Waals surface area contributed by atoms with Gasteiger partial charge >= 0.3 is 0 Å². The van der Waals surface area contributed by atoms with E-state index in [1.54, 1.807) is 17.9 Å². The van der Waals surface area contributed by atoms with Crippen LogP contribution in [0.5, 0.6) is 0 Å². The van der Waals surface area contributed by atoms with Crippen LogP contribution in [-0.4, -0.2) is 50.5 Å². The summed E-state index contributed by atoms with van der Waals surface area (Å²) in [6.45, 7) is 10.7. The first kappa shape index (κ1) is 28.4. The number of carbonyl (C=O) groups excluding carboxylic acids is 2. The van der Waals surface area contributed by atoms with Crippen LogP contribution in [0.3, 0.4) is 0 Å². The predicted octanol–water partition coefficient (Wildman–Crippen LogP) is 4.04. The zero-order chi connectivity index (χ0) is 26.2. The molecule has 2 rings (SSSR count). The third kappa shape index (κ3) is 9.02. The minimum atomic E-state index is -3.51. The van der Waals surface area contributed by atoms with Crippen molar-refractivity contribution >= 4 is 27.5 Å². The number of hydrogen-bond acceptors (Lipinski definition) is 4. The van der Waals surface area contributed by atoms with Crippen LogP contribution in [0.2, 0.25) is 0 Å². The molecule has 7 nitrogen and oxygen atoms in total. The first-order valence-corrected chi connectivity index (χ1v) is 13.9. The summed E-state index contributed by atoms with van der Waals surface area (Å²) >= 11 is 0. The van der Waals surface area contributed by atoms with E-state index >= 15 is 0 Å². The molecule has 8 heteroatoms. The third-order valence-electron chi connectivity index (χ3n) is 5.77. The van der Waals surface area contributed by atoms with Gasteiger partial charge in [-0.25, -0.2) is 8.42 Å². The Morgan fingerprint density at radius 3 is 2.20 bits per heavy atom. The second kappa shape index (κ2) is 12.7. The lowest BCUT2D eigenvalue weighted by molar-refractivity contribution is -0.140. The Balaban J connectivity index is 2.15. The molecule has 0 saturated carbocycles. The molecule has 0 bridgehead atoms. The average molecular weight is 502 g/mol. The lowest BCUT2D eigenvalue weighted by Crippen LogP contribution is -2.48. The van der Waals surface area contributed by atoms with Gasteiger partial charge in [-0.15, -0.1) is 0 Å². The van der Waals surface area contributed by atoms with E-state index in [0.717, 1.165) is 16.7 Å². The SMILES string of the molecule is Cc1ccc(CN(C(=O)CCCN(c2cccc(C)c2)S(C)(=O)=O)[C@H](C)C(=O)NCC(C)C)cc1. The Bertz CT molecular complexity index is 1100. The minimum absolute atomic E-state index is 0.130. The van der Waals surface area contributed by atoms with Gasteiger partial charge in [0.05, 0.1) is 11.9 Å². The van der Waals surface area contributed by atoms with Crippen LogP contribution in [0.15, 0.2) is 48.5 Å².